The van der Waals surface area contributed by atoms with E-state index in [1.807, 2.05) is 36.5 Å². The van der Waals surface area contributed by atoms with E-state index in [1.54, 1.807) is 7.11 Å². The van der Waals surface area contributed by atoms with Crippen molar-refractivity contribution in [2.75, 3.05) is 7.11 Å². The van der Waals surface area contributed by atoms with E-state index in [4.69, 9.17) is 4.74 Å². The lowest BCUT2D eigenvalue weighted by Crippen LogP contribution is -1.97. The average Bonchev–Trinajstić information content (AvgIpc) is 2.38. The molecule has 16 heavy (non-hydrogen) atoms. The van der Waals surface area contributed by atoms with Crippen LogP contribution in [-0.2, 0) is 4.74 Å². The summed E-state index contributed by atoms with van der Waals surface area (Å²) in [6.45, 7) is 0. The van der Waals surface area contributed by atoms with E-state index < -0.39 is 0 Å². The van der Waals surface area contributed by atoms with E-state index >= 15 is 0 Å². The molecular formula is C14H15NO. The molecule has 0 aliphatic heterocycles. The van der Waals surface area contributed by atoms with Gasteiger partial charge in [0, 0.05) is 18.2 Å². The van der Waals surface area contributed by atoms with Crippen LogP contribution >= 0.6 is 0 Å². The van der Waals surface area contributed by atoms with Crippen molar-refractivity contribution < 1.29 is 4.74 Å². The highest BCUT2D eigenvalue weighted by Crippen LogP contribution is 2.19. The van der Waals surface area contributed by atoms with Crippen molar-refractivity contribution in [3.05, 3.63) is 53.8 Å². The van der Waals surface area contributed by atoms with Crippen molar-refractivity contribution in [3.63, 3.8) is 0 Å². The summed E-state index contributed by atoms with van der Waals surface area (Å²) in [4.78, 5) is 4.41. The molecule has 0 fully saturated rings. The minimum Gasteiger partial charge on any atom is -0.500 e. The summed E-state index contributed by atoms with van der Waals surface area (Å²) >= 11 is 0. The first-order chi connectivity index (χ1) is 7.90. The molecule has 1 aromatic rings. The Morgan fingerprint density at radius 2 is 2.06 bits per heavy atom. The molecule has 1 aromatic carbocycles. The normalized spacial score (nSPS) is 15.8. The van der Waals surface area contributed by atoms with Gasteiger partial charge < -0.3 is 4.74 Å². The highest BCUT2D eigenvalue weighted by molar-refractivity contribution is 5.85. The zero-order valence-electron chi connectivity index (χ0n) is 9.39. The van der Waals surface area contributed by atoms with Gasteiger partial charge in [-0.05, 0) is 18.6 Å². The minimum atomic E-state index is 0.961. The van der Waals surface area contributed by atoms with Crippen LogP contribution in [0.1, 0.15) is 12.8 Å². The summed E-state index contributed by atoms with van der Waals surface area (Å²) in [5, 5.41) is 0. The van der Waals surface area contributed by atoms with Crippen LogP contribution in [0.2, 0.25) is 0 Å². The Morgan fingerprint density at radius 1 is 1.25 bits per heavy atom. The second-order valence-electron chi connectivity index (χ2n) is 3.62. The summed E-state index contributed by atoms with van der Waals surface area (Å²) in [7, 11) is 1.71. The zero-order valence-corrected chi connectivity index (χ0v) is 9.39. The molecule has 0 saturated carbocycles. The van der Waals surface area contributed by atoms with Gasteiger partial charge >= 0.3 is 0 Å². The monoisotopic (exact) mass is 213 g/mol. The molecular weight excluding hydrogens is 198 g/mol. The maximum absolute atomic E-state index is 5.33. The molecule has 0 radical (unpaired) electrons. The molecule has 0 atom stereocenters. The van der Waals surface area contributed by atoms with E-state index in [1.165, 1.54) is 0 Å². The van der Waals surface area contributed by atoms with Crippen molar-refractivity contribution in [3.8, 4) is 0 Å². The number of allylic oxidation sites excluding steroid dienone is 4. The van der Waals surface area contributed by atoms with Crippen molar-refractivity contribution in [1.82, 2.24) is 0 Å². The SMILES string of the molecule is COC1=C(C=Nc2ccccc2)C=CCC1. The third-order valence-corrected chi connectivity index (χ3v) is 2.51. The highest BCUT2D eigenvalue weighted by atomic mass is 16.5. The fourth-order valence-corrected chi connectivity index (χ4v) is 1.66. The van der Waals surface area contributed by atoms with Gasteiger partial charge in [-0.15, -0.1) is 0 Å². The molecule has 1 aliphatic rings. The average molecular weight is 213 g/mol. The van der Waals surface area contributed by atoms with Crippen LogP contribution in [0.5, 0.6) is 0 Å². The first-order valence-corrected chi connectivity index (χ1v) is 5.43. The van der Waals surface area contributed by atoms with Crippen LogP contribution in [-0.4, -0.2) is 13.3 Å². The molecule has 82 valence electrons. The van der Waals surface area contributed by atoms with Crippen molar-refractivity contribution in [2.24, 2.45) is 4.99 Å². The summed E-state index contributed by atoms with van der Waals surface area (Å²) < 4.78 is 5.33. The number of nitrogens with zero attached hydrogens (tertiary/aromatic N) is 1. The quantitative estimate of drug-likeness (QED) is 0.702. The number of aliphatic imine (C=N–C) groups is 1. The molecule has 2 rings (SSSR count). The molecule has 2 heteroatoms. The van der Waals surface area contributed by atoms with Crippen LogP contribution < -0.4 is 0 Å². The summed E-state index contributed by atoms with van der Waals surface area (Å²) in [5.41, 5.74) is 2.03. The molecule has 0 unspecified atom stereocenters. The summed E-state index contributed by atoms with van der Waals surface area (Å²) in [5.74, 6) is 1.02. The lowest BCUT2D eigenvalue weighted by atomic mass is 10.1. The van der Waals surface area contributed by atoms with Gasteiger partial charge in [0.1, 0.15) is 5.76 Å². The van der Waals surface area contributed by atoms with Gasteiger partial charge in [0.2, 0.25) is 0 Å². The Hall–Kier alpha value is -1.83. The maximum Gasteiger partial charge on any atom is 0.105 e. The van der Waals surface area contributed by atoms with Gasteiger partial charge in [-0.3, -0.25) is 4.99 Å². The van der Waals surface area contributed by atoms with Gasteiger partial charge in [-0.1, -0.05) is 30.4 Å². The van der Waals surface area contributed by atoms with Crippen molar-refractivity contribution in [2.45, 2.75) is 12.8 Å². The van der Waals surface area contributed by atoms with E-state index in [0.29, 0.717) is 0 Å². The fourth-order valence-electron chi connectivity index (χ4n) is 1.66. The maximum atomic E-state index is 5.33. The topological polar surface area (TPSA) is 21.6 Å². The Morgan fingerprint density at radius 3 is 2.81 bits per heavy atom. The lowest BCUT2D eigenvalue weighted by molar-refractivity contribution is 0.275. The Kier molecular flexibility index (Phi) is 3.54. The largest absolute Gasteiger partial charge is 0.500 e. The molecule has 0 spiro atoms. The van der Waals surface area contributed by atoms with Crippen LogP contribution in [0, 0.1) is 0 Å². The number of ether oxygens (including phenoxy) is 1. The summed E-state index contributed by atoms with van der Waals surface area (Å²) in [6, 6.07) is 9.91. The van der Waals surface area contributed by atoms with Crippen LogP contribution in [0.25, 0.3) is 0 Å². The van der Waals surface area contributed by atoms with Crippen LogP contribution in [0.3, 0.4) is 0 Å². The molecule has 0 bridgehead atoms. The Labute approximate surface area is 96.0 Å². The molecule has 0 saturated heterocycles. The van der Waals surface area contributed by atoms with E-state index in [0.717, 1.165) is 29.9 Å². The smallest absolute Gasteiger partial charge is 0.105 e. The number of rotatable bonds is 3. The number of benzene rings is 1. The Bertz CT molecular complexity index is 429. The fraction of sp³-hybridized carbons (Fsp3) is 0.214. The Balaban J connectivity index is 2.17. The standard InChI is InChI=1S/C14H15NO/c1-16-14-10-6-5-7-12(14)11-15-13-8-3-2-4-9-13/h2-5,7-9,11H,6,10H2,1H3. The van der Waals surface area contributed by atoms with Gasteiger partial charge in [0.25, 0.3) is 0 Å². The van der Waals surface area contributed by atoms with Crippen LogP contribution in [0.15, 0.2) is 58.8 Å². The second-order valence-corrected chi connectivity index (χ2v) is 3.62. The molecule has 1 aliphatic carbocycles. The second kappa shape index (κ2) is 5.31. The number of methoxy groups -OCH3 is 1. The molecule has 0 aromatic heterocycles. The third-order valence-electron chi connectivity index (χ3n) is 2.51. The number of hydrogen-bond donors (Lipinski definition) is 0. The van der Waals surface area contributed by atoms with E-state index in [-0.39, 0.29) is 0 Å². The highest BCUT2D eigenvalue weighted by Gasteiger charge is 2.05. The summed E-state index contributed by atoms with van der Waals surface area (Å²) in [6.07, 6.45) is 8.09. The predicted molar refractivity (Wildman–Crippen MR) is 67.0 cm³/mol. The zero-order chi connectivity index (χ0) is 11.2. The van der Waals surface area contributed by atoms with Gasteiger partial charge in [-0.2, -0.15) is 0 Å². The lowest BCUT2D eigenvalue weighted by Gasteiger charge is -2.11. The minimum absolute atomic E-state index is 0.961. The van der Waals surface area contributed by atoms with E-state index in [2.05, 4.69) is 17.1 Å². The number of hydrogen-bond acceptors (Lipinski definition) is 2. The molecule has 0 heterocycles. The number of para-hydroxylation sites is 1. The third kappa shape index (κ3) is 2.60. The van der Waals surface area contributed by atoms with Gasteiger partial charge in [0.05, 0.1) is 12.8 Å². The first-order valence-electron chi connectivity index (χ1n) is 5.43. The molecule has 0 N–H and O–H groups in total. The van der Waals surface area contributed by atoms with Crippen LogP contribution in [0.4, 0.5) is 5.69 Å². The predicted octanol–water partition coefficient (Wildman–Crippen LogP) is 3.64. The molecule has 0 amide bonds. The van der Waals surface area contributed by atoms with Crippen molar-refractivity contribution >= 4 is 11.9 Å². The van der Waals surface area contributed by atoms with E-state index in [9.17, 15) is 0 Å². The van der Waals surface area contributed by atoms with Crippen molar-refractivity contribution in [1.29, 1.82) is 0 Å². The first kappa shape index (κ1) is 10.7. The van der Waals surface area contributed by atoms with Gasteiger partial charge in [0.15, 0.2) is 0 Å². The molecule has 2 nitrogen and oxygen atoms in total. The van der Waals surface area contributed by atoms with Gasteiger partial charge in [-0.25, -0.2) is 0 Å².